The van der Waals surface area contributed by atoms with E-state index >= 15 is 0 Å². The van der Waals surface area contributed by atoms with Gasteiger partial charge < -0.3 is 10.4 Å². The maximum absolute atomic E-state index is 12.1. The molecule has 0 spiro atoms. The number of carboxylic acids is 1. The summed E-state index contributed by atoms with van der Waals surface area (Å²) >= 11 is 0. The number of rotatable bonds is 6. The zero-order valence-corrected chi connectivity index (χ0v) is 12.1. The molecule has 108 valence electrons. The number of amides is 1. The Morgan fingerprint density at radius 2 is 2.10 bits per heavy atom. The van der Waals surface area contributed by atoms with Gasteiger partial charge in [-0.05, 0) is 36.1 Å². The van der Waals surface area contributed by atoms with Crippen molar-refractivity contribution in [3.8, 4) is 0 Å². The maximum Gasteiger partial charge on any atom is 0.328 e. The lowest BCUT2D eigenvalue weighted by Gasteiger charge is -2.12. The Labute approximate surface area is 119 Å². The summed E-state index contributed by atoms with van der Waals surface area (Å²) in [6.07, 6.45) is 3.55. The number of carbonyl (C=O) groups is 2. The van der Waals surface area contributed by atoms with Crippen molar-refractivity contribution in [3.05, 3.63) is 41.0 Å². The minimum atomic E-state index is -1.01. The Bertz CT molecular complexity index is 520. The van der Waals surface area contributed by atoms with Crippen molar-refractivity contribution in [1.29, 1.82) is 0 Å². The van der Waals surface area contributed by atoms with E-state index in [-0.39, 0.29) is 5.91 Å². The van der Waals surface area contributed by atoms with Crippen LogP contribution in [-0.4, -0.2) is 23.5 Å². The lowest BCUT2D eigenvalue weighted by atomic mass is 10.0. The largest absolute Gasteiger partial charge is 0.478 e. The highest BCUT2D eigenvalue weighted by Crippen LogP contribution is 2.13. The van der Waals surface area contributed by atoms with Gasteiger partial charge in [0.25, 0.3) is 5.91 Å². The standard InChI is InChI=1S/C16H21NO3/c1-4-11(2)10-17-16(20)14-9-13(6-5-12(14)3)7-8-15(18)19/h5-9,11H,4,10H2,1-3H3,(H,17,20)(H,18,19). The van der Waals surface area contributed by atoms with E-state index in [1.165, 1.54) is 6.08 Å². The Kier molecular flexibility index (Phi) is 5.97. The van der Waals surface area contributed by atoms with Crippen molar-refractivity contribution in [2.75, 3.05) is 6.54 Å². The topological polar surface area (TPSA) is 66.4 Å². The highest BCUT2D eigenvalue weighted by atomic mass is 16.4. The SMILES string of the molecule is CCC(C)CNC(=O)c1cc(C=CC(=O)O)ccc1C. The van der Waals surface area contributed by atoms with Crippen LogP contribution < -0.4 is 5.32 Å². The number of carboxylic acid groups (broad SMARTS) is 1. The Hall–Kier alpha value is -2.10. The molecule has 1 rings (SSSR count). The van der Waals surface area contributed by atoms with Gasteiger partial charge in [0.15, 0.2) is 0 Å². The minimum Gasteiger partial charge on any atom is -0.478 e. The van der Waals surface area contributed by atoms with Crippen LogP contribution >= 0.6 is 0 Å². The summed E-state index contributed by atoms with van der Waals surface area (Å²) in [5, 5.41) is 11.5. The van der Waals surface area contributed by atoms with Crippen LogP contribution in [0.1, 0.15) is 41.8 Å². The first-order chi connectivity index (χ1) is 9.43. The van der Waals surface area contributed by atoms with E-state index in [0.717, 1.165) is 18.1 Å². The highest BCUT2D eigenvalue weighted by molar-refractivity contribution is 5.96. The number of aryl methyl sites for hydroxylation is 1. The maximum atomic E-state index is 12.1. The molecule has 4 heteroatoms. The van der Waals surface area contributed by atoms with Crippen molar-refractivity contribution < 1.29 is 14.7 Å². The summed E-state index contributed by atoms with van der Waals surface area (Å²) in [4.78, 5) is 22.6. The van der Waals surface area contributed by atoms with E-state index in [0.29, 0.717) is 23.6 Å². The van der Waals surface area contributed by atoms with Crippen molar-refractivity contribution in [2.24, 2.45) is 5.92 Å². The van der Waals surface area contributed by atoms with Crippen LogP contribution in [0.2, 0.25) is 0 Å². The third-order valence-corrected chi connectivity index (χ3v) is 3.23. The molecule has 1 atom stereocenters. The van der Waals surface area contributed by atoms with E-state index in [4.69, 9.17) is 5.11 Å². The molecule has 2 N–H and O–H groups in total. The van der Waals surface area contributed by atoms with Gasteiger partial charge in [0, 0.05) is 18.2 Å². The summed E-state index contributed by atoms with van der Waals surface area (Å²) in [5.74, 6) is -0.684. The molecular formula is C16H21NO3. The van der Waals surface area contributed by atoms with Crippen molar-refractivity contribution >= 4 is 18.0 Å². The van der Waals surface area contributed by atoms with Gasteiger partial charge in [0.2, 0.25) is 0 Å². The number of hydrogen-bond donors (Lipinski definition) is 2. The second kappa shape index (κ2) is 7.48. The quantitative estimate of drug-likeness (QED) is 0.784. The van der Waals surface area contributed by atoms with E-state index in [2.05, 4.69) is 19.2 Å². The molecule has 1 amide bonds. The van der Waals surface area contributed by atoms with Gasteiger partial charge in [-0.2, -0.15) is 0 Å². The van der Waals surface area contributed by atoms with Gasteiger partial charge in [-0.25, -0.2) is 4.79 Å². The van der Waals surface area contributed by atoms with Crippen LogP contribution in [0.15, 0.2) is 24.3 Å². The van der Waals surface area contributed by atoms with Gasteiger partial charge in [-0.3, -0.25) is 4.79 Å². The predicted molar refractivity (Wildman–Crippen MR) is 79.6 cm³/mol. The fraction of sp³-hybridized carbons (Fsp3) is 0.375. The van der Waals surface area contributed by atoms with Gasteiger partial charge in [0.1, 0.15) is 0 Å². The molecule has 4 nitrogen and oxygen atoms in total. The Balaban J connectivity index is 2.85. The molecule has 0 saturated heterocycles. The van der Waals surface area contributed by atoms with E-state index in [1.54, 1.807) is 12.1 Å². The average molecular weight is 275 g/mol. The summed E-state index contributed by atoms with van der Waals surface area (Å²) in [7, 11) is 0. The summed E-state index contributed by atoms with van der Waals surface area (Å²) in [6.45, 7) is 6.67. The van der Waals surface area contributed by atoms with E-state index in [9.17, 15) is 9.59 Å². The molecule has 0 heterocycles. The summed E-state index contributed by atoms with van der Waals surface area (Å²) in [6, 6.07) is 5.32. The van der Waals surface area contributed by atoms with Crippen LogP contribution in [0, 0.1) is 12.8 Å². The molecule has 0 fully saturated rings. The van der Waals surface area contributed by atoms with Crippen LogP contribution in [0.25, 0.3) is 6.08 Å². The lowest BCUT2D eigenvalue weighted by molar-refractivity contribution is -0.131. The summed E-state index contributed by atoms with van der Waals surface area (Å²) in [5.41, 5.74) is 2.16. The minimum absolute atomic E-state index is 0.117. The van der Waals surface area contributed by atoms with Gasteiger partial charge in [-0.1, -0.05) is 32.4 Å². The Morgan fingerprint density at radius 3 is 2.70 bits per heavy atom. The number of nitrogens with one attached hydrogen (secondary N) is 1. The summed E-state index contributed by atoms with van der Waals surface area (Å²) < 4.78 is 0. The third-order valence-electron chi connectivity index (χ3n) is 3.23. The van der Waals surface area contributed by atoms with Gasteiger partial charge in [-0.15, -0.1) is 0 Å². The molecule has 1 aromatic carbocycles. The molecule has 1 aromatic rings. The van der Waals surface area contributed by atoms with Crippen molar-refractivity contribution in [2.45, 2.75) is 27.2 Å². The van der Waals surface area contributed by atoms with Crippen LogP contribution in [0.4, 0.5) is 0 Å². The van der Waals surface area contributed by atoms with Crippen LogP contribution in [0.5, 0.6) is 0 Å². The Morgan fingerprint density at radius 1 is 1.40 bits per heavy atom. The lowest BCUT2D eigenvalue weighted by Crippen LogP contribution is -2.28. The molecule has 0 saturated carbocycles. The first kappa shape index (κ1) is 16.0. The normalized spacial score (nSPS) is 12.3. The number of hydrogen-bond acceptors (Lipinski definition) is 2. The third kappa shape index (κ3) is 4.88. The van der Waals surface area contributed by atoms with E-state index in [1.807, 2.05) is 13.0 Å². The van der Waals surface area contributed by atoms with Gasteiger partial charge in [0.05, 0.1) is 0 Å². The number of aliphatic carboxylic acids is 1. The second-order valence-electron chi connectivity index (χ2n) is 4.97. The second-order valence-corrected chi connectivity index (χ2v) is 4.97. The molecule has 0 aliphatic rings. The highest BCUT2D eigenvalue weighted by Gasteiger charge is 2.10. The first-order valence-corrected chi connectivity index (χ1v) is 6.74. The molecule has 20 heavy (non-hydrogen) atoms. The molecule has 0 aliphatic carbocycles. The zero-order chi connectivity index (χ0) is 15.1. The monoisotopic (exact) mass is 275 g/mol. The fourth-order valence-corrected chi connectivity index (χ4v) is 1.66. The molecule has 0 aliphatic heterocycles. The van der Waals surface area contributed by atoms with Crippen LogP contribution in [0.3, 0.4) is 0 Å². The van der Waals surface area contributed by atoms with Crippen LogP contribution in [-0.2, 0) is 4.79 Å². The molecule has 0 aromatic heterocycles. The number of benzene rings is 1. The molecular weight excluding hydrogens is 254 g/mol. The van der Waals surface area contributed by atoms with Crippen molar-refractivity contribution in [1.82, 2.24) is 5.32 Å². The average Bonchev–Trinajstić information content (AvgIpc) is 2.43. The zero-order valence-electron chi connectivity index (χ0n) is 12.1. The molecule has 0 bridgehead atoms. The van der Waals surface area contributed by atoms with Crippen molar-refractivity contribution in [3.63, 3.8) is 0 Å². The first-order valence-electron chi connectivity index (χ1n) is 6.74. The fourth-order valence-electron chi connectivity index (χ4n) is 1.66. The molecule has 1 unspecified atom stereocenters. The smallest absolute Gasteiger partial charge is 0.328 e. The number of carbonyl (C=O) groups excluding carboxylic acids is 1. The van der Waals surface area contributed by atoms with E-state index < -0.39 is 5.97 Å². The molecule has 0 radical (unpaired) electrons. The predicted octanol–water partition coefficient (Wildman–Crippen LogP) is 2.87. The van der Waals surface area contributed by atoms with Gasteiger partial charge >= 0.3 is 5.97 Å².